The summed E-state index contributed by atoms with van der Waals surface area (Å²) in [7, 11) is 0. The third-order valence-electron chi connectivity index (χ3n) is 4.35. The van der Waals surface area contributed by atoms with E-state index in [1.807, 2.05) is 23.1 Å². The molecule has 1 fully saturated rings. The Morgan fingerprint density at radius 2 is 2.12 bits per heavy atom. The molecule has 0 spiro atoms. The van der Waals surface area contributed by atoms with Crippen LogP contribution in [0, 0.1) is 16.0 Å². The van der Waals surface area contributed by atoms with Gasteiger partial charge in [-0.15, -0.1) is 0 Å². The van der Waals surface area contributed by atoms with Crippen LogP contribution >= 0.6 is 0 Å². The monoisotopic (exact) mass is 356 g/mol. The Morgan fingerprint density at radius 1 is 1.35 bits per heavy atom. The highest BCUT2D eigenvalue weighted by molar-refractivity contribution is 5.78. The van der Waals surface area contributed by atoms with Crippen molar-refractivity contribution in [3.05, 3.63) is 52.2 Å². The summed E-state index contributed by atoms with van der Waals surface area (Å²) in [4.78, 5) is 31.9. The molecule has 2 aromatic rings. The number of carbonyl (C=O) groups excluding carboxylic acids is 1. The van der Waals surface area contributed by atoms with Crippen LogP contribution in [0.25, 0.3) is 0 Å². The van der Waals surface area contributed by atoms with Crippen molar-refractivity contribution in [3.8, 4) is 0 Å². The number of nitrogens with zero attached hydrogens (tertiary/aromatic N) is 4. The number of rotatable bonds is 7. The largest absolute Gasteiger partial charge is 0.378 e. The first-order chi connectivity index (χ1) is 12.5. The molecule has 2 heterocycles. The van der Waals surface area contributed by atoms with E-state index in [2.05, 4.69) is 27.4 Å². The number of hydrogen-bond donors (Lipinski definition) is 2. The first-order valence-electron chi connectivity index (χ1n) is 8.35. The van der Waals surface area contributed by atoms with E-state index in [0.717, 1.165) is 12.6 Å². The normalized spacial score (nSPS) is 16.7. The lowest BCUT2D eigenvalue weighted by Gasteiger charge is -2.17. The number of benzene rings is 1. The van der Waals surface area contributed by atoms with Crippen molar-refractivity contribution < 1.29 is 9.72 Å². The summed E-state index contributed by atoms with van der Waals surface area (Å²) >= 11 is 0. The Labute approximate surface area is 150 Å². The average molecular weight is 356 g/mol. The van der Waals surface area contributed by atoms with Gasteiger partial charge in [-0.25, -0.2) is 4.98 Å². The van der Waals surface area contributed by atoms with Crippen LogP contribution in [0.3, 0.4) is 0 Å². The van der Waals surface area contributed by atoms with Crippen molar-refractivity contribution in [2.75, 3.05) is 30.7 Å². The maximum atomic E-state index is 12.2. The van der Waals surface area contributed by atoms with E-state index in [1.54, 1.807) is 0 Å². The van der Waals surface area contributed by atoms with Crippen molar-refractivity contribution in [2.45, 2.75) is 12.8 Å². The molecule has 1 saturated heterocycles. The quantitative estimate of drug-likeness (QED) is 0.568. The minimum Gasteiger partial charge on any atom is -0.378 e. The molecule has 9 heteroatoms. The second-order valence-electron chi connectivity index (χ2n) is 6.25. The van der Waals surface area contributed by atoms with Crippen LogP contribution < -0.4 is 11.1 Å². The number of amides is 1. The summed E-state index contributed by atoms with van der Waals surface area (Å²) in [5, 5.41) is 13.7. The molecular weight excluding hydrogens is 336 g/mol. The van der Waals surface area contributed by atoms with Gasteiger partial charge in [0.2, 0.25) is 17.7 Å². The number of hydrogen-bond acceptors (Lipinski definition) is 7. The molecule has 1 amide bonds. The summed E-state index contributed by atoms with van der Waals surface area (Å²) in [5.74, 6) is 0.318. The molecule has 0 saturated carbocycles. The molecule has 1 atom stereocenters. The van der Waals surface area contributed by atoms with E-state index in [0.29, 0.717) is 26.1 Å². The van der Waals surface area contributed by atoms with Crippen molar-refractivity contribution in [3.63, 3.8) is 0 Å². The number of nitrogen functional groups attached to an aromatic ring is 1. The fraction of sp³-hybridized carbons (Fsp3) is 0.353. The van der Waals surface area contributed by atoms with Crippen LogP contribution in [0.15, 0.2) is 36.5 Å². The van der Waals surface area contributed by atoms with E-state index >= 15 is 0 Å². The van der Waals surface area contributed by atoms with Gasteiger partial charge in [0.15, 0.2) is 0 Å². The zero-order valence-corrected chi connectivity index (χ0v) is 14.2. The van der Waals surface area contributed by atoms with Gasteiger partial charge in [-0.2, -0.15) is 4.98 Å². The van der Waals surface area contributed by atoms with Gasteiger partial charge < -0.3 is 16.0 Å². The maximum Gasteiger partial charge on any atom is 0.329 e. The van der Waals surface area contributed by atoms with Gasteiger partial charge in [0.05, 0.1) is 4.92 Å². The lowest BCUT2D eigenvalue weighted by atomic mass is 10.1. The second kappa shape index (κ2) is 7.77. The van der Waals surface area contributed by atoms with E-state index in [4.69, 9.17) is 5.73 Å². The highest BCUT2D eigenvalue weighted by atomic mass is 16.6. The molecule has 1 aromatic heterocycles. The zero-order chi connectivity index (χ0) is 18.5. The lowest BCUT2D eigenvalue weighted by Crippen LogP contribution is -2.28. The molecule has 136 valence electrons. The predicted octanol–water partition coefficient (Wildman–Crippen LogP) is 1.47. The van der Waals surface area contributed by atoms with Crippen molar-refractivity contribution >= 4 is 23.4 Å². The smallest absolute Gasteiger partial charge is 0.329 e. The summed E-state index contributed by atoms with van der Waals surface area (Å²) in [6.45, 7) is 1.87. The number of likely N-dealkylation sites (tertiary alicyclic amines) is 1. The minimum atomic E-state index is -0.626. The Balaban J connectivity index is 1.50. The standard InChI is InChI=1S/C17H20N6O3/c18-16-14(23(25)26)10-20-17(21-16)19-9-13-8-15(24)22(11-13)7-6-12-4-2-1-3-5-12/h1-5,10,13H,6-9,11H2,(H3,18,19,20,21). The first-order valence-corrected chi connectivity index (χ1v) is 8.35. The average Bonchev–Trinajstić information content (AvgIpc) is 2.98. The van der Waals surface area contributed by atoms with E-state index in [-0.39, 0.29) is 29.3 Å². The predicted molar refractivity (Wildman–Crippen MR) is 96.4 cm³/mol. The molecule has 0 aliphatic carbocycles. The van der Waals surface area contributed by atoms with Gasteiger partial charge in [0, 0.05) is 32.0 Å². The number of nitrogens with one attached hydrogen (secondary N) is 1. The molecule has 1 aliphatic rings. The van der Waals surface area contributed by atoms with Crippen LogP contribution in [0.2, 0.25) is 0 Å². The third-order valence-corrected chi connectivity index (χ3v) is 4.35. The fourth-order valence-electron chi connectivity index (χ4n) is 2.97. The Morgan fingerprint density at radius 3 is 2.81 bits per heavy atom. The SMILES string of the molecule is Nc1nc(NCC2CC(=O)N(CCc3ccccc3)C2)ncc1[N+](=O)[O-]. The third kappa shape index (κ3) is 4.24. The number of anilines is 2. The highest BCUT2D eigenvalue weighted by Crippen LogP contribution is 2.21. The van der Waals surface area contributed by atoms with Crippen LogP contribution in [-0.4, -0.2) is 45.3 Å². The summed E-state index contributed by atoms with van der Waals surface area (Å²) in [6.07, 6.45) is 2.37. The van der Waals surface area contributed by atoms with Crippen LogP contribution in [-0.2, 0) is 11.2 Å². The maximum absolute atomic E-state index is 12.2. The summed E-state index contributed by atoms with van der Waals surface area (Å²) in [5.41, 5.74) is 6.43. The molecule has 3 N–H and O–H groups in total. The summed E-state index contributed by atoms with van der Waals surface area (Å²) in [6, 6.07) is 10.1. The van der Waals surface area contributed by atoms with Gasteiger partial charge in [0.1, 0.15) is 6.20 Å². The molecule has 0 radical (unpaired) electrons. The van der Waals surface area contributed by atoms with E-state index < -0.39 is 4.92 Å². The zero-order valence-electron chi connectivity index (χ0n) is 14.2. The minimum absolute atomic E-state index is 0.136. The van der Waals surface area contributed by atoms with Crippen molar-refractivity contribution in [2.24, 2.45) is 5.92 Å². The lowest BCUT2D eigenvalue weighted by molar-refractivity contribution is -0.384. The Hall–Kier alpha value is -3.23. The molecule has 26 heavy (non-hydrogen) atoms. The number of nitro groups is 1. The number of aromatic nitrogens is 2. The van der Waals surface area contributed by atoms with Crippen LogP contribution in [0.5, 0.6) is 0 Å². The van der Waals surface area contributed by atoms with Gasteiger partial charge in [0.25, 0.3) is 0 Å². The van der Waals surface area contributed by atoms with Crippen LogP contribution in [0.4, 0.5) is 17.5 Å². The van der Waals surface area contributed by atoms with E-state index in [9.17, 15) is 14.9 Å². The molecule has 9 nitrogen and oxygen atoms in total. The molecule has 1 aromatic carbocycles. The fourth-order valence-corrected chi connectivity index (χ4v) is 2.97. The molecule has 1 unspecified atom stereocenters. The van der Waals surface area contributed by atoms with Gasteiger partial charge in [-0.05, 0) is 12.0 Å². The Bertz CT molecular complexity index is 798. The van der Waals surface area contributed by atoms with Crippen molar-refractivity contribution in [1.82, 2.24) is 14.9 Å². The molecular formula is C17H20N6O3. The van der Waals surface area contributed by atoms with Gasteiger partial charge in [-0.1, -0.05) is 30.3 Å². The van der Waals surface area contributed by atoms with E-state index in [1.165, 1.54) is 5.56 Å². The topological polar surface area (TPSA) is 127 Å². The molecule has 0 bridgehead atoms. The molecule has 1 aliphatic heterocycles. The highest BCUT2D eigenvalue weighted by Gasteiger charge is 2.29. The molecule has 3 rings (SSSR count). The number of nitrogens with two attached hydrogens (primary N) is 1. The summed E-state index contributed by atoms with van der Waals surface area (Å²) < 4.78 is 0. The van der Waals surface area contributed by atoms with Gasteiger partial charge in [-0.3, -0.25) is 14.9 Å². The first kappa shape index (κ1) is 17.6. The van der Waals surface area contributed by atoms with Crippen LogP contribution in [0.1, 0.15) is 12.0 Å². The Kier molecular flexibility index (Phi) is 5.26. The number of carbonyl (C=O) groups is 1. The van der Waals surface area contributed by atoms with Gasteiger partial charge >= 0.3 is 5.69 Å². The van der Waals surface area contributed by atoms with Crippen molar-refractivity contribution in [1.29, 1.82) is 0 Å². The second-order valence-corrected chi connectivity index (χ2v) is 6.25.